The Morgan fingerprint density at radius 3 is 2.78 bits per heavy atom. The normalized spacial score (nSPS) is 33.6. The van der Waals surface area contributed by atoms with E-state index in [1.807, 2.05) is 18.5 Å². The van der Waals surface area contributed by atoms with Crippen LogP contribution in [-0.2, 0) is 0 Å². The summed E-state index contributed by atoms with van der Waals surface area (Å²) in [6, 6.07) is 5.23. The van der Waals surface area contributed by atoms with Crippen LogP contribution in [0.1, 0.15) is 51.1 Å². The van der Waals surface area contributed by atoms with Gasteiger partial charge in [0.15, 0.2) is 0 Å². The molecule has 2 saturated carbocycles. The molecule has 2 nitrogen and oxygen atoms in total. The van der Waals surface area contributed by atoms with E-state index in [1.165, 1.54) is 31.2 Å². The van der Waals surface area contributed by atoms with Crippen LogP contribution in [0.4, 0.5) is 0 Å². The van der Waals surface area contributed by atoms with Gasteiger partial charge in [-0.1, -0.05) is 12.5 Å². The molecule has 2 fully saturated rings. The Balaban J connectivity index is 1.59. The van der Waals surface area contributed by atoms with E-state index in [9.17, 15) is 0 Å². The van der Waals surface area contributed by atoms with Gasteiger partial charge in [0.2, 0.25) is 0 Å². The molecule has 0 amide bonds. The third-order valence-corrected chi connectivity index (χ3v) is 5.13. The van der Waals surface area contributed by atoms with Crippen LogP contribution in [0.5, 0.6) is 0 Å². The van der Waals surface area contributed by atoms with Gasteiger partial charge in [0.25, 0.3) is 0 Å². The standard InChI is InChI=1S/C16H24N2/c1-11(15-4-3-7-17-10-15)18-12(2)16-9-13-5-6-14(16)8-13/h3-4,7,10-14,16,18H,5-6,8-9H2,1-2H3. The minimum atomic E-state index is 0.410. The van der Waals surface area contributed by atoms with E-state index in [0.717, 1.165) is 17.8 Å². The van der Waals surface area contributed by atoms with Crippen molar-refractivity contribution in [1.82, 2.24) is 10.3 Å². The molecule has 2 heteroatoms. The predicted molar refractivity (Wildman–Crippen MR) is 74.2 cm³/mol. The molecule has 2 aliphatic carbocycles. The summed E-state index contributed by atoms with van der Waals surface area (Å²) >= 11 is 0. The Morgan fingerprint density at radius 2 is 2.17 bits per heavy atom. The first-order chi connectivity index (χ1) is 8.74. The lowest BCUT2D eigenvalue weighted by atomic mass is 9.83. The van der Waals surface area contributed by atoms with Crippen molar-refractivity contribution >= 4 is 0 Å². The lowest BCUT2D eigenvalue weighted by Gasteiger charge is -2.31. The molecule has 5 atom stereocenters. The molecule has 18 heavy (non-hydrogen) atoms. The van der Waals surface area contributed by atoms with Gasteiger partial charge in [-0.15, -0.1) is 0 Å². The highest BCUT2D eigenvalue weighted by atomic mass is 15.0. The Kier molecular flexibility index (Phi) is 3.38. The molecule has 0 saturated heterocycles. The van der Waals surface area contributed by atoms with E-state index in [-0.39, 0.29) is 0 Å². The summed E-state index contributed by atoms with van der Waals surface area (Å²) in [5.41, 5.74) is 1.30. The summed E-state index contributed by atoms with van der Waals surface area (Å²) in [4.78, 5) is 4.21. The summed E-state index contributed by atoms with van der Waals surface area (Å²) < 4.78 is 0. The van der Waals surface area contributed by atoms with Crippen LogP contribution in [0, 0.1) is 17.8 Å². The minimum absolute atomic E-state index is 0.410. The fraction of sp³-hybridized carbons (Fsp3) is 0.688. The molecule has 0 radical (unpaired) electrons. The topological polar surface area (TPSA) is 24.9 Å². The number of nitrogens with zero attached hydrogens (tertiary/aromatic N) is 1. The van der Waals surface area contributed by atoms with Crippen molar-refractivity contribution in [2.24, 2.45) is 17.8 Å². The quantitative estimate of drug-likeness (QED) is 0.876. The van der Waals surface area contributed by atoms with Crippen molar-refractivity contribution in [3.05, 3.63) is 30.1 Å². The zero-order valence-corrected chi connectivity index (χ0v) is 11.5. The first kappa shape index (κ1) is 12.2. The van der Waals surface area contributed by atoms with Crippen LogP contribution in [0.15, 0.2) is 24.5 Å². The van der Waals surface area contributed by atoms with Crippen LogP contribution < -0.4 is 5.32 Å². The molecule has 0 spiro atoms. The van der Waals surface area contributed by atoms with Gasteiger partial charge < -0.3 is 5.32 Å². The molecule has 0 aromatic carbocycles. The van der Waals surface area contributed by atoms with Crippen molar-refractivity contribution in [1.29, 1.82) is 0 Å². The average molecular weight is 244 g/mol. The van der Waals surface area contributed by atoms with Crippen LogP contribution in [0.25, 0.3) is 0 Å². The monoisotopic (exact) mass is 244 g/mol. The van der Waals surface area contributed by atoms with Crippen molar-refractivity contribution in [2.45, 2.75) is 51.6 Å². The fourth-order valence-corrected chi connectivity index (χ4v) is 4.15. The average Bonchev–Trinajstić information content (AvgIpc) is 3.02. The molecule has 1 heterocycles. The van der Waals surface area contributed by atoms with E-state index >= 15 is 0 Å². The Morgan fingerprint density at radius 1 is 1.28 bits per heavy atom. The number of aromatic nitrogens is 1. The Hall–Kier alpha value is -0.890. The SMILES string of the molecule is CC(NC(C)C1CC2CCC1C2)c1cccnc1. The lowest BCUT2D eigenvalue weighted by molar-refractivity contribution is 0.248. The Bertz CT molecular complexity index is 389. The second kappa shape index (κ2) is 5.00. The van der Waals surface area contributed by atoms with Crippen molar-refractivity contribution in [3.63, 3.8) is 0 Å². The highest BCUT2D eigenvalue weighted by molar-refractivity contribution is 5.13. The molecule has 5 unspecified atom stereocenters. The van der Waals surface area contributed by atoms with E-state index in [4.69, 9.17) is 0 Å². The van der Waals surface area contributed by atoms with Crippen molar-refractivity contribution < 1.29 is 0 Å². The number of hydrogen-bond acceptors (Lipinski definition) is 2. The maximum atomic E-state index is 4.21. The summed E-state index contributed by atoms with van der Waals surface area (Å²) in [5, 5.41) is 3.78. The van der Waals surface area contributed by atoms with Crippen LogP contribution >= 0.6 is 0 Å². The van der Waals surface area contributed by atoms with Gasteiger partial charge in [-0.2, -0.15) is 0 Å². The molecule has 2 bridgehead atoms. The van der Waals surface area contributed by atoms with Crippen LogP contribution in [0.2, 0.25) is 0 Å². The lowest BCUT2D eigenvalue weighted by Crippen LogP contribution is -2.37. The zero-order valence-electron chi connectivity index (χ0n) is 11.5. The van der Waals surface area contributed by atoms with Gasteiger partial charge in [0.05, 0.1) is 0 Å². The summed E-state index contributed by atoms with van der Waals surface area (Å²) in [5.74, 6) is 2.94. The molecule has 1 aromatic heterocycles. The number of pyridine rings is 1. The van der Waals surface area contributed by atoms with Gasteiger partial charge in [-0.3, -0.25) is 4.98 Å². The fourth-order valence-electron chi connectivity index (χ4n) is 4.15. The van der Waals surface area contributed by atoms with E-state index in [2.05, 4.69) is 30.2 Å². The van der Waals surface area contributed by atoms with Gasteiger partial charge >= 0.3 is 0 Å². The molecule has 3 rings (SSSR count). The number of fused-ring (bicyclic) bond motifs is 2. The molecular formula is C16H24N2. The Labute approximate surface area is 110 Å². The zero-order chi connectivity index (χ0) is 12.5. The highest BCUT2D eigenvalue weighted by Gasteiger charge is 2.41. The molecular weight excluding hydrogens is 220 g/mol. The number of rotatable bonds is 4. The van der Waals surface area contributed by atoms with Gasteiger partial charge in [-0.25, -0.2) is 0 Å². The largest absolute Gasteiger partial charge is 0.307 e. The molecule has 98 valence electrons. The minimum Gasteiger partial charge on any atom is -0.307 e. The van der Waals surface area contributed by atoms with Gasteiger partial charge in [-0.05, 0) is 62.5 Å². The predicted octanol–water partition coefficient (Wildman–Crippen LogP) is 3.56. The molecule has 2 aliphatic rings. The van der Waals surface area contributed by atoms with Crippen LogP contribution in [-0.4, -0.2) is 11.0 Å². The van der Waals surface area contributed by atoms with Crippen molar-refractivity contribution in [2.75, 3.05) is 0 Å². The summed E-state index contributed by atoms with van der Waals surface area (Å²) in [6.45, 7) is 4.62. The van der Waals surface area contributed by atoms with Gasteiger partial charge in [0.1, 0.15) is 0 Å². The smallest absolute Gasteiger partial charge is 0.0315 e. The van der Waals surface area contributed by atoms with Crippen LogP contribution in [0.3, 0.4) is 0 Å². The van der Waals surface area contributed by atoms with E-state index in [1.54, 1.807) is 0 Å². The van der Waals surface area contributed by atoms with E-state index in [0.29, 0.717) is 12.1 Å². The summed E-state index contributed by atoms with van der Waals surface area (Å²) in [6.07, 6.45) is 9.74. The first-order valence-corrected chi connectivity index (χ1v) is 7.40. The summed E-state index contributed by atoms with van der Waals surface area (Å²) in [7, 11) is 0. The third-order valence-electron chi connectivity index (χ3n) is 5.13. The number of nitrogens with one attached hydrogen (secondary N) is 1. The second-order valence-corrected chi connectivity index (χ2v) is 6.30. The number of hydrogen-bond donors (Lipinski definition) is 1. The highest BCUT2D eigenvalue weighted by Crippen LogP contribution is 2.49. The first-order valence-electron chi connectivity index (χ1n) is 7.40. The third kappa shape index (κ3) is 2.31. The van der Waals surface area contributed by atoms with Crippen molar-refractivity contribution in [3.8, 4) is 0 Å². The molecule has 1 N–H and O–H groups in total. The van der Waals surface area contributed by atoms with Gasteiger partial charge in [0, 0.05) is 24.5 Å². The maximum Gasteiger partial charge on any atom is 0.0315 e. The molecule has 0 aliphatic heterocycles. The second-order valence-electron chi connectivity index (χ2n) is 6.30. The maximum absolute atomic E-state index is 4.21. The van der Waals surface area contributed by atoms with E-state index < -0.39 is 0 Å². The molecule has 1 aromatic rings.